The Kier molecular flexibility index (Phi) is 4.29. The van der Waals surface area contributed by atoms with Crippen LogP contribution in [0.4, 0.5) is 0 Å². The molecule has 0 aliphatic rings. The summed E-state index contributed by atoms with van der Waals surface area (Å²) in [6, 6.07) is 10.1. The Morgan fingerprint density at radius 1 is 1.29 bits per heavy atom. The lowest BCUT2D eigenvalue weighted by molar-refractivity contribution is 0.403. The van der Waals surface area contributed by atoms with Gasteiger partial charge in [0.2, 0.25) is 0 Å². The van der Waals surface area contributed by atoms with Crippen LogP contribution in [0.2, 0.25) is 0 Å². The van der Waals surface area contributed by atoms with Crippen LogP contribution < -0.4 is 0 Å². The van der Waals surface area contributed by atoms with E-state index in [1.54, 1.807) is 6.26 Å². The van der Waals surface area contributed by atoms with Crippen LogP contribution >= 0.6 is 0 Å². The highest BCUT2D eigenvalue weighted by molar-refractivity contribution is 5.64. The zero-order chi connectivity index (χ0) is 10.2. The van der Waals surface area contributed by atoms with E-state index in [4.69, 9.17) is 4.74 Å². The molecule has 0 N–H and O–H groups in total. The maximum Gasteiger partial charge on any atom is 0.0864 e. The third-order valence-electron chi connectivity index (χ3n) is 1.82. The van der Waals surface area contributed by atoms with Gasteiger partial charge in [0.1, 0.15) is 0 Å². The van der Waals surface area contributed by atoms with Gasteiger partial charge in [0.05, 0.1) is 12.5 Å². The van der Waals surface area contributed by atoms with E-state index < -0.39 is 0 Å². The first-order valence-corrected chi connectivity index (χ1v) is 4.49. The molecule has 0 amide bonds. The minimum absolute atomic E-state index is 0.790. The van der Waals surface area contributed by atoms with Crippen molar-refractivity contribution in [3.63, 3.8) is 0 Å². The summed E-state index contributed by atoms with van der Waals surface area (Å²) < 4.78 is 4.86. The third kappa shape index (κ3) is 3.31. The number of ether oxygens (including phenoxy) is 1. The predicted octanol–water partition coefficient (Wildman–Crippen LogP) is 3.76. The van der Waals surface area contributed by atoms with Gasteiger partial charge in [0, 0.05) is 0 Å². The Balaban J connectivity index is 2.47. The molecule has 1 aromatic rings. The van der Waals surface area contributed by atoms with Crippen LogP contribution in [0.1, 0.15) is 12.0 Å². The molecule has 0 atom stereocenters. The molecule has 0 aliphatic heterocycles. The monoisotopic (exact) mass is 186 g/mol. The van der Waals surface area contributed by atoms with E-state index in [9.17, 15) is 0 Å². The fraction of sp³-hybridized carbons (Fsp3) is 0.0769. The summed E-state index contributed by atoms with van der Waals surface area (Å²) in [7, 11) is 0. The first kappa shape index (κ1) is 10.3. The summed E-state index contributed by atoms with van der Waals surface area (Å²) in [4.78, 5) is 0. The van der Waals surface area contributed by atoms with Gasteiger partial charge in [0.15, 0.2) is 0 Å². The topological polar surface area (TPSA) is 9.23 Å². The molecule has 0 fully saturated rings. The molecule has 0 heterocycles. The first-order chi connectivity index (χ1) is 6.84. The van der Waals surface area contributed by atoms with Crippen molar-refractivity contribution in [2.75, 3.05) is 0 Å². The quantitative estimate of drug-likeness (QED) is 0.636. The Morgan fingerprint density at radius 3 is 2.64 bits per heavy atom. The van der Waals surface area contributed by atoms with Gasteiger partial charge in [-0.15, -0.1) is 0 Å². The molecule has 1 rings (SSSR count). The van der Waals surface area contributed by atoms with Crippen molar-refractivity contribution < 1.29 is 4.74 Å². The summed E-state index contributed by atoms with van der Waals surface area (Å²) in [5.41, 5.74) is 2.24. The van der Waals surface area contributed by atoms with Gasteiger partial charge >= 0.3 is 0 Å². The van der Waals surface area contributed by atoms with Gasteiger partial charge in [-0.2, -0.15) is 0 Å². The van der Waals surface area contributed by atoms with Crippen molar-refractivity contribution >= 4 is 5.57 Å². The van der Waals surface area contributed by atoms with Crippen molar-refractivity contribution in [3.8, 4) is 0 Å². The van der Waals surface area contributed by atoms with Crippen molar-refractivity contribution in [1.82, 2.24) is 0 Å². The molecule has 1 aromatic carbocycles. The molecule has 0 aliphatic carbocycles. The smallest absolute Gasteiger partial charge is 0.0864 e. The molecule has 0 bridgehead atoms. The first-order valence-electron chi connectivity index (χ1n) is 4.49. The normalized spacial score (nSPS) is 10.0. The van der Waals surface area contributed by atoms with Crippen LogP contribution in [0.5, 0.6) is 0 Å². The molecule has 0 radical (unpaired) electrons. The number of benzene rings is 1. The Hall–Kier alpha value is -1.76. The second kappa shape index (κ2) is 5.81. The van der Waals surface area contributed by atoms with Crippen molar-refractivity contribution in [1.29, 1.82) is 0 Å². The van der Waals surface area contributed by atoms with E-state index in [1.807, 2.05) is 36.4 Å². The summed E-state index contributed by atoms with van der Waals surface area (Å²) >= 11 is 0. The molecule has 0 spiro atoms. The van der Waals surface area contributed by atoms with E-state index >= 15 is 0 Å². The Morgan fingerprint density at radius 2 is 2.00 bits per heavy atom. The molecular formula is C13H14O. The van der Waals surface area contributed by atoms with Crippen LogP contribution in [-0.4, -0.2) is 0 Å². The third-order valence-corrected chi connectivity index (χ3v) is 1.82. The summed E-state index contributed by atoms with van der Waals surface area (Å²) in [6.45, 7) is 7.43. The largest absolute Gasteiger partial charge is 0.474 e. The molecule has 0 unspecified atom stereocenters. The maximum absolute atomic E-state index is 4.86. The number of allylic oxidation sites excluding steroid dienone is 2. The van der Waals surface area contributed by atoms with Crippen molar-refractivity contribution in [3.05, 3.63) is 67.7 Å². The van der Waals surface area contributed by atoms with Gasteiger partial charge in [-0.05, 0) is 23.6 Å². The minimum atomic E-state index is 0.790. The summed E-state index contributed by atoms with van der Waals surface area (Å²) in [5.74, 6) is 0. The van der Waals surface area contributed by atoms with Crippen molar-refractivity contribution in [2.45, 2.75) is 6.42 Å². The standard InChI is InChI=1S/C13H14O/c1-3-14-11-7-8-12(2)13-9-5-4-6-10-13/h3-7,9-11H,1-2,8H2/b11-7-. The zero-order valence-electron chi connectivity index (χ0n) is 8.15. The fourth-order valence-corrected chi connectivity index (χ4v) is 1.09. The minimum Gasteiger partial charge on any atom is -0.474 e. The highest BCUT2D eigenvalue weighted by atomic mass is 16.5. The lowest BCUT2D eigenvalue weighted by Gasteiger charge is -2.01. The van der Waals surface area contributed by atoms with Crippen molar-refractivity contribution in [2.24, 2.45) is 0 Å². The van der Waals surface area contributed by atoms with E-state index in [-0.39, 0.29) is 0 Å². The molecule has 1 heteroatoms. The second-order valence-electron chi connectivity index (χ2n) is 2.85. The average molecular weight is 186 g/mol. The highest BCUT2D eigenvalue weighted by Crippen LogP contribution is 2.15. The van der Waals surface area contributed by atoms with E-state index in [2.05, 4.69) is 13.2 Å². The molecule has 0 aromatic heterocycles. The SMILES string of the molecule is C=CO/C=C\CC(=C)c1ccccc1. The Bertz CT molecular complexity index is 322. The zero-order valence-corrected chi connectivity index (χ0v) is 8.15. The lowest BCUT2D eigenvalue weighted by atomic mass is 10.1. The predicted molar refractivity (Wildman–Crippen MR) is 60.5 cm³/mol. The maximum atomic E-state index is 4.86. The number of rotatable bonds is 5. The van der Waals surface area contributed by atoms with E-state index in [0.29, 0.717) is 0 Å². The molecule has 0 saturated carbocycles. The number of hydrogen-bond acceptors (Lipinski definition) is 1. The van der Waals surface area contributed by atoms with Gasteiger partial charge in [-0.25, -0.2) is 0 Å². The van der Waals surface area contributed by atoms with Crippen LogP contribution in [0.3, 0.4) is 0 Å². The van der Waals surface area contributed by atoms with E-state index in [0.717, 1.165) is 17.6 Å². The average Bonchev–Trinajstić information content (AvgIpc) is 2.25. The highest BCUT2D eigenvalue weighted by Gasteiger charge is 1.93. The summed E-state index contributed by atoms with van der Waals surface area (Å²) in [6.07, 6.45) is 5.71. The molecule has 14 heavy (non-hydrogen) atoms. The number of hydrogen-bond donors (Lipinski definition) is 0. The lowest BCUT2D eigenvalue weighted by Crippen LogP contribution is -1.79. The molecule has 1 nitrogen and oxygen atoms in total. The van der Waals surface area contributed by atoms with Crippen LogP contribution in [0.25, 0.3) is 5.57 Å². The van der Waals surface area contributed by atoms with Gasteiger partial charge in [-0.3, -0.25) is 0 Å². The van der Waals surface area contributed by atoms with Crippen LogP contribution in [-0.2, 0) is 4.74 Å². The van der Waals surface area contributed by atoms with E-state index in [1.165, 1.54) is 6.26 Å². The van der Waals surface area contributed by atoms with Gasteiger partial charge in [0.25, 0.3) is 0 Å². The Labute approximate surface area is 85.0 Å². The summed E-state index contributed by atoms with van der Waals surface area (Å²) in [5, 5.41) is 0. The fourth-order valence-electron chi connectivity index (χ4n) is 1.09. The van der Waals surface area contributed by atoms with Gasteiger partial charge in [-0.1, -0.05) is 43.5 Å². The van der Waals surface area contributed by atoms with Crippen LogP contribution in [0.15, 0.2) is 62.1 Å². The molecule has 72 valence electrons. The molecular weight excluding hydrogens is 172 g/mol. The molecule has 0 saturated heterocycles. The van der Waals surface area contributed by atoms with Gasteiger partial charge < -0.3 is 4.74 Å². The second-order valence-corrected chi connectivity index (χ2v) is 2.85. The van der Waals surface area contributed by atoms with Crippen LogP contribution in [0, 0.1) is 0 Å².